The van der Waals surface area contributed by atoms with Gasteiger partial charge in [-0.2, -0.15) is 0 Å². The summed E-state index contributed by atoms with van der Waals surface area (Å²) in [5.74, 6) is 0. The first kappa shape index (κ1) is 18.5. The molecule has 2 unspecified atom stereocenters. The molecule has 124 valence electrons. The van der Waals surface area contributed by atoms with Crippen molar-refractivity contribution in [1.82, 2.24) is 5.32 Å². The molecule has 1 aromatic carbocycles. The Bertz CT molecular complexity index is 466. The lowest BCUT2D eigenvalue weighted by atomic mass is 10.1. The van der Waals surface area contributed by atoms with E-state index in [1.54, 1.807) is 7.11 Å². The van der Waals surface area contributed by atoms with Crippen molar-refractivity contribution in [2.45, 2.75) is 58.9 Å². The second kappa shape index (κ2) is 8.15. The van der Waals surface area contributed by atoms with E-state index in [1.807, 2.05) is 52.0 Å². The maximum atomic E-state index is 11.7. The van der Waals surface area contributed by atoms with Crippen molar-refractivity contribution in [2.24, 2.45) is 0 Å². The summed E-state index contributed by atoms with van der Waals surface area (Å²) >= 11 is 0. The lowest BCUT2D eigenvalue weighted by Gasteiger charge is -2.20. The van der Waals surface area contributed by atoms with Gasteiger partial charge in [-0.1, -0.05) is 12.1 Å². The van der Waals surface area contributed by atoms with E-state index in [0.29, 0.717) is 0 Å². The Balaban J connectivity index is 2.48. The van der Waals surface area contributed by atoms with Crippen LogP contribution in [-0.4, -0.2) is 30.9 Å². The molecule has 1 rings (SSSR count). The van der Waals surface area contributed by atoms with Crippen LogP contribution < -0.4 is 10.6 Å². The van der Waals surface area contributed by atoms with Gasteiger partial charge in [-0.3, -0.25) is 5.32 Å². The summed E-state index contributed by atoms with van der Waals surface area (Å²) in [6.45, 7) is 10.4. The Morgan fingerprint density at radius 3 is 2.27 bits per heavy atom. The van der Waals surface area contributed by atoms with Gasteiger partial charge in [0.25, 0.3) is 0 Å². The van der Waals surface area contributed by atoms with E-state index in [1.165, 1.54) is 0 Å². The van der Waals surface area contributed by atoms with Crippen molar-refractivity contribution in [3.8, 4) is 0 Å². The van der Waals surface area contributed by atoms with E-state index in [2.05, 4.69) is 17.6 Å². The first-order chi connectivity index (χ1) is 10.2. The maximum absolute atomic E-state index is 11.7. The predicted octanol–water partition coefficient (Wildman–Crippen LogP) is 3.55. The van der Waals surface area contributed by atoms with Crippen LogP contribution in [0.4, 0.5) is 10.5 Å². The summed E-state index contributed by atoms with van der Waals surface area (Å²) in [6, 6.07) is 7.95. The number of ether oxygens (including phenoxy) is 2. The highest BCUT2D eigenvalue weighted by molar-refractivity contribution is 5.84. The van der Waals surface area contributed by atoms with Crippen LogP contribution >= 0.6 is 0 Å². The highest BCUT2D eigenvalue weighted by Gasteiger charge is 2.16. The zero-order chi connectivity index (χ0) is 16.8. The Morgan fingerprint density at radius 1 is 1.18 bits per heavy atom. The summed E-state index contributed by atoms with van der Waals surface area (Å²) < 4.78 is 10.5. The number of rotatable bonds is 6. The van der Waals surface area contributed by atoms with Crippen LogP contribution in [0, 0.1) is 0 Å². The number of carbonyl (C=O) groups excluding carboxylic acids is 1. The second-order valence-electron chi connectivity index (χ2n) is 6.43. The molecule has 22 heavy (non-hydrogen) atoms. The molecule has 0 aliphatic rings. The van der Waals surface area contributed by atoms with E-state index in [9.17, 15) is 4.79 Å². The van der Waals surface area contributed by atoms with Crippen LogP contribution in [0.5, 0.6) is 0 Å². The zero-order valence-corrected chi connectivity index (χ0v) is 14.4. The van der Waals surface area contributed by atoms with Crippen LogP contribution in [-0.2, 0) is 16.0 Å². The van der Waals surface area contributed by atoms with Crippen molar-refractivity contribution in [2.75, 3.05) is 12.4 Å². The number of carbonyl (C=O) groups is 1. The molecule has 0 radical (unpaired) electrons. The summed E-state index contributed by atoms with van der Waals surface area (Å²) in [6.07, 6.45) is -0.283. The predicted molar refractivity (Wildman–Crippen MR) is 89.1 cm³/mol. The summed E-state index contributed by atoms with van der Waals surface area (Å²) in [7, 11) is 1.71. The fourth-order valence-corrected chi connectivity index (χ4v) is 1.78. The molecule has 0 aliphatic heterocycles. The van der Waals surface area contributed by atoms with Gasteiger partial charge in [0.2, 0.25) is 0 Å². The Labute approximate surface area is 133 Å². The minimum Gasteiger partial charge on any atom is -0.444 e. The van der Waals surface area contributed by atoms with E-state index in [0.717, 1.165) is 17.8 Å². The molecule has 0 saturated carbocycles. The molecule has 5 nitrogen and oxygen atoms in total. The standard InChI is InChI=1S/C17H28N2O3/c1-12(13(2)21-6)18-11-14-7-9-15(10-8-14)19-16(20)22-17(3,4)5/h7-10,12-13,18H,11H2,1-6H3,(H,19,20). The average Bonchev–Trinajstić information content (AvgIpc) is 2.43. The van der Waals surface area contributed by atoms with Crippen molar-refractivity contribution < 1.29 is 14.3 Å². The molecule has 1 amide bonds. The van der Waals surface area contributed by atoms with Gasteiger partial charge in [0.1, 0.15) is 5.60 Å². The largest absolute Gasteiger partial charge is 0.444 e. The molecule has 1 aromatic rings. The minimum atomic E-state index is -0.498. The second-order valence-corrected chi connectivity index (χ2v) is 6.43. The van der Waals surface area contributed by atoms with E-state index in [-0.39, 0.29) is 12.1 Å². The van der Waals surface area contributed by atoms with Crippen LogP contribution in [0.2, 0.25) is 0 Å². The first-order valence-electron chi connectivity index (χ1n) is 7.56. The molecule has 0 aromatic heterocycles. The zero-order valence-electron chi connectivity index (χ0n) is 14.4. The van der Waals surface area contributed by atoms with E-state index in [4.69, 9.17) is 9.47 Å². The number of nitrogens with one attached hydrogen (secondary N) is 2. The maximum Gasteiger partial charge on any atom is 0.412 e. The van der Waals surface area contributed by atoms with Crippen molar-refractivity contribution in [3.05, 3.63) is 29.8 Å². The molecular formula is C17H28N2O3. The number of methoxy groups -OCH3 is 1. The molecule has 2 atom stereocenters. The lowest BCUT2D eigenvalue weighted by molar-refractivity contribution is 0.0636. The molecule has 0 spiro atoms. The van der Waals surface area contributed by atoms with Gasteiger partial charge >= 0.3 is 6.09 Å². The highest BCUT2D eigenvalue weighted by atomic mass is 16.6. The number of hydrogen-bond donors (Lipinski definition) is 2. The highest BCUT2D eigenvalue weighted by Crippen LogP contribution is 2.13. The molecule has 0 aliphatic carbocycles. The Hall–Kier alpha value is -1.59. The Kier molecular flexibility index (Phi) is 6.84. The molecule has 0 bridgehead atoms. The van der Waals surface area contributed by atoms with Gasteiger partial charge in [0.15, 0.2) is 0 Å². The average molecular weight is 308 g/mol. The van der Waals surface area contributed by atoms with Gasteiger partial charge in [0, 0.05) is 25.4 Å². The number of hydrogen-bond acceptors (Lipinski definition) is 4. The van der Waals surface area contributed by atoms with Crippen LogP contribution in [0.3, 0.4) is 0 Å². The van der Waals surface area contributed by atoms with Gasteiger partial charge < -0.3 is 14.8 Å². The fraction of sp³-hybridized carbons (Fsp3) is 0.588. The van der Waals surface area contributed by atoms with Crippen molar-refractivity contribution in [3.63, 3.8) is 0 Å². The molecule has 0 heterocycles. The molecule has 5 heteroatoms. The third-order valence-corrected chi connectivity index (χ3v) is 3.30. The van der Waals surface area contributed by atoms with Crippen molar-refractivity contribution >= 4 is 11.8 Å². The topological polar surface area (TPSA) is 59.6 Å². The van der Waals surface area contributed by atoms with Crippen LogP contribution in [0.25, 0.3) is 0 Å². The molecular weight excluding hydrogens is 280 g/mol. The van der Waals surface area contributed by atoms with Crippen LogP contribution in [0.15, 0.2) is 24.3 Å². The molecule has 0 saturated heterocycles. The quantitative estimate of drug-likeness (QED) is 0.844. The summed E-state index contributed by atoms with van der Waals surface area (Å²) in [5, 5.41) is 6.12. The first-order valence-corrected chi connectivity index (χ1v) is 7.56. The number of amides is 1. The normalized spacial score (nSPS) is 14.3. The van der Waals surface area contributed by atoms with Crippen molar-refractivity contribution in [1.29, 1.82) is 0 Å². The van der Waals surface area contributed by atoms with Crippen LogP contribution in [0.1, 0.15) is 40.2 Å². The van der Waals surface area contributed by atoms with E-state index < -0.39 is 11.7 Å². The molecule has 0 fully saturated rings. The number of anilines is 1. The molecule has 2 N–H and O–H groups in total. The SMILES string of the molecule is COC(C)C(C)NCc1ccc(NC(=O)OC(C)(C)C)cc1. The fourth-order valence-electron chi connectivity index (χ4n) is 1.78. The van der Waals surface area contributed by atoms with Gasteiger partial charge in [-0.25, -0.2) is 4.79 Å². The summed E-state index contributed by atoms with van der Waals surface area (Å²) in [4.78, 5) is 11.7. The Morgan fingerprint density at radius 2 is 1.77 bits per heavy atom. The lowest BCUT2D eigenvalue weighted by Crippen LogP contribution is -2.36. The monoisotopic (exact) mass is 308 g/mol. The smallest absolute Gasteiger partial charge is 0.412 e. The van der Waals surface area contributed by atoms with E-state index >= 15 is 0 Å². The van der Waals surface area contributed by atoms with Gasteiger partial charge in [0.05, 0.1) is 6.10 Å². The minimum absolute atomic E-state index is 0.160. The number of benzene rings is 1. The third kappa shape index (κ3) is 6.91. The summed E-state index contributed by atoms with van der Waals surface area (Å²) in [5.41, 5.74) is 1.36. The third-order valence-electron chi connectivity index (χ3n) is 3.30. The van der Waals surface area contributed by atoms with Gasteiger partial charge in [-0.15, -0.1) is 0 Å². The van der Waals surface area contributed by atoms with Gasteiger partial charge in [-0.05, 0) is 52.3 Å².